The fourth-order valence-corrected chi connectivity index (χ4v) is 3.17. The van der Waals surface area contributed by atoms with E-state index in [1.54, 1.807) is 60.7 Å². The Kier molecular flexibility index (Phi) is 5.80. The number of amides is 2. The topological polar surface area (TPSA) is 84.2 Å². The fraction of sp³-hybridized carbons (Fsp3) is 0.120. The molecule has 1 aliphatic carbocycles. The van der Waals surface area contributed by atoms with Gasteiger partial charge in [0.2, 0.25) is 5.91 Å². The average Bonchev–Trinajstić information content (AvgIpc) is 3.58. The first-order chi connectivity index (χ1) is 15.0. The number of carbonyl (C=O) groups is 2. The number of para-hydroxylation sites is 2. The van der Waals surface area contributed by atoms with Crippen LogP contribution >= 0.6 is 0 Å². The predicted octanol–water partition coefficient (Wildman–Crippen LogP) is 4.37. The molecule has 0 spiro atoms. The summed E-state index contributed by atoms with van der Waals surface area (Å²) in [6.07, 6.45) is 3.49. The Morgan fingerprint density at radius 1 is 0.871 bits per heavy atom. The molecule has 1 saturated carbocycles. The molecule has 6 heteroatoms. The molecule has 2 amide bonds. The molecule has 0 heterocycles. The Labute approximate surface area is 179 Å². The minimum atomic E-state index is -0.349. The standard InChI is InChI=1S/C25H22FN3O2/c26-19-11-9-17(10-12-19)21(15-24(30)28-20-13-14-20)16-5-7-18(8-6-16)25(31)29-23-4-2-1-3-22(23)27/h1-12,15,20H,13-14,27H2,(H,28,30)(H,29,31)/b21-15+. The van der Waals surface area contributed by atoms with Crippen LogP contribution in [0, 0.1) is 5.82 Å². The third kappa shape index (κ3) is 5.17. The van der Waals surface area contributed by atoms with Gasteiger partial charge < -0.3 is 16.4 Å². The molecule has 1 fully saturated rings. The summed E-state index contributed by atoms with van der Waals surface area (Å²) in [5, 5.41) is 5.72. The van der Waals surface area contributed by atoms with Gasteiger partial charge in [-0.05, 0) is 65.9 Å². The largest absolute Gasteiger partial charge is 0.397 e. The Hall–Kier alpha value is -3.93. The van der Waals surface area contributed by atoms with Gasteiger partial charge in [0.25, 0.3) is 5.91 Å². The molecule has 0 unspecified atom stereocenters. The lowest BCUT2D eigenvalue weighted by molar-refractivity contribution is -0.116. The summed E-state index contributed by atoms with van der Waals surface area (Å²) in [6, 6.07) is 20.1. The van der Waals surface area contributed by atoms with Gasteiger partial charge in [-0.1, -0.05) is 36.4 Å². The molecule has 3 aromatic carbocycles. The van der Waals surface area contributed by atoms with Crippen molar-refractivity contribution in [2.45, 2.75) is 18.9 Å². The molecule has 0 bridgehead atoms. The summed E-state index contributed by atoms with van der Waals surface area (Å²) >= 11 is 0. The molecule has 4 rings (SSSR count). The van der Waals surface area contributed by atoms with E-state index >= 15 is 0 Å². The second kappa shape index (κ2) is 8.83. The van der Waals surface area contributed by atoms with E-state index in [0.717, 1.165) is 18.4 Å². The third-order valence-electron chi connectivity index (χ3n) is 5.02. The van der Waals surface area contributed by atoms with Crippen LogP contribution in [0.25, 0.3) is 5.57 Å². The molecule has 0 aliphatic heterocycles. The lowest BCUT2D eigenvalue weighted by atomic mass is 9.96. The smallest absolute Gasteiger partial charge is 0.255 e. The molecule has 0 saturated heterocycles. The van der Waals surface area contributed by atoms with Gasteiger partial charge in [0.05, 0.1) is 11.4 Å². The number of rotatable bonds is 6. The van der Waals surface area contributed by atoms with Crippen molar-refractivity contribution in [3.8, 4) is 0 Å². The third-order valence-corrected chi connectivity index (χ3v) is 5.02. The molecule has 5 nitrogen and oxygen atoms in total. The van der Waals surface area contributed by atoms with E-state index < -0.39 is 0 Å². The average molecular weight is 415 g/mol. The maximum Gasteiger partial charge on any atom is 0.255 e. The minimum absolute atomic E-state index is 0.191. The Bertz CT molecular complexity index is 1130. The van der Waals surface area contributed by atoms with E-state index in [9.17, 15) is 14.0 Å². The summed E-state index contributed by atoms with van der Waals surface area (Å²) < 4.78 is 13.4. The van der Waals surface area contributed by atoms with Crippen molar-refractivity contribution in [2.75, 3.05) is 11.1 Å². The van der Waals surface area contributed by atoms with Gasteiger partial charge in [-0.2, -0.15) is 0 Å². The molecule has 0 radical (unpaired) electrons. The Morgan fingerprint density at radius 2 is 1.45 bits per heavy atom. The van der Waals surface area contributed by atoms with Gasteiger partial charge in [0.1, 0.15) is 5.82 Å². The van der Waals surface area contributed by atoms with E-state index in [1.807, 2.05) is 0 Å². The number of hydrogen-bond acceptors (Lipinski definition) is 3. The van der Waals surface area contributed by atoms with Gasteiger partial charge in [-0.3, -0.25) is 9.59 Å². The normalized spacial score (nSPS) is 13.5. The predicted molar refractivity (Wildman–Crippen MR) is 120 cm³/mol. The lowest BCUT2D eigenvalue weighted by Crippen LogP contribution is -2.23. The van der Waals surface area contributed by atoms with Gasteiger partial charge >= 0.3 is 0 Å². The van der Waals surface area contributed by atoms with Gasteiger partial charge in [-0.25, -0.2) is 4.39 Å². The van der Waals surface area contributed by atoms with Crippen LogP contribution in [0.4, 0.5) is 15.8 Å². The minimum Gasteiger partial charge on any atom is -0.397 e. The van der Waals surface area contributed by atoms with E-state index in [0.29, 0.717) is 28.1 Å². The Balaban J connectivity index is 1.59. The zero-order chi connectivity index (χ0) is 21.8. The highest BCUT2D eigenvalue weighted by Crippen LogP contribution is 2.26. The first-order valence-electron chi connectivity index (χ1n) is 10.0. The second-order valence-corrected chi connectivity index (χ2v) is 7.47. The first-order valence-corrected chi connectivity index (χ1v) is 10.0. The van der Waals surface area contributed by atoms with Crippen molar-refractivity contribution in [1.82, 2.24) is 5.32 Å². The van der Waals surface area contributed by atoms with Crippen LogP contribution in [0.2, 0.25) is 0 Å². The zero-order valence-corrected chi connectivity index (χ0v) is 16.8. The van der Waals surface area contributed by atoms with Crippen LogP contribution in [0.3, 0.4) is 0 Å². The van der Waals surface area contributed by atoms with Crippen molar-refractivity contribution in [2.24, 2.45) is 0 Å². The van der Waals surface area contributed by atoms with Crippen molar-refractivity contribution in [3.63, 3.8) is 0 Å². The number of hydrogen-bond donors (Lipinski definition) is 3. The van der Waals surface area contributed by atoms with E-state index in [-0.39, 0.29) is 23.7 Å². The Morgan fingerprint density at radius 3 is 2.06 bits per heavy atom. The second-order valence-electron chi connectivity index (χ2n) is 7.47. The van der Waals surface area contributed by atoms with Crippen molar-refractivity contribution >= 4 is 28.8 Å². The quantitative estimate of drug-likeness (QED) is 0.413. The van der Waals surface area contributed by atoms with E-state index in [4.69, 9.17) is 5.73 Å². The molecular formula is C25H22FN3O2. The van der Waals surface area contributed by atoms with Crippen LogP contribution in [0.1, 0.15) is 34.3 Å². The number of carbonyl (C=O) groups excluding carboxylic acids is 2. The first kappa shape index (κ1) is 20.3. The highest BCUT2D eigenvalue weighted by molar-refractivity contribution is 6.06. The van der Waals surface area contributed by atoms with E-state index in [1.165, 1.54) is 18.2 Å². The van der Waals surface area contributed by atoms with Crippen LogP contribution in [0.15, 0.2) is 78.9 Å². The van der Waals surface area contributed by atoms with Crippen molar-refractivity contribution in [1.29, 1.82) is 0 Å². The van der Waals surface area contributed by atoms with Crippen molar-refractivity contribution < 1.29 is 14.0 Å². The number of nitrogens with one attached hydrogen (secondary N) is 2. The number of benzene rings is 3. The monoisotopic (exact) mass is 415 g/mol. The highest BCUT2D eigenvalue weighted by Gasteiger charge is 2.23. The fourth-order valence-electron chi connectivity index (χ4n) is 3.17. The molecule has 31 heavy (non-hydrogen) atoms. The summed E-state index contributed by atoms with van der Waals surface area (Å²) in [4.78, 5) is 25.0. The van der Waals surface area contributed by atoms with Crippen molar-refractivity contribution in [3.05, 3.63) is 101 Å². The van der Waals surface area contributed by atoms with Gasteiger partial charge in [0.15, 0.2) is 0 Å². The van der Waals surface area contributed by atoms with E-state index in [2.05, 4.69) is 10.6 Å². The summed E-state index contributed by atoms with van der Waals surface area (Å²) in [5.74, 6) is -0.829. The number of anilines is 2. The SMILES string of the molecule is Nc1ccccc1NC(=O)c1ccc(/C(=C\C(=O)NC2CC2)c2ccc(F)cc2)cc1. The summed E-state index contributed by atoms with van der Waals surface area (Å²) in [6.45, 7) is 0. The zero-order valence-electron chi connectivity index (χ0n) is 16.8. The highest BCUT2D eigenvalue weighted by atomic mass is 19.1. The molecule has 1 aliphatic rings. The van der Waals surface area contributed by atoms with Gasteiger partial charge in [-0.15, -0.1) is 0 Å². The number of nitrogen functional groups attached to an aromatic ring is 1. The van der Waals surface area contributed by atoms with Crippen LogP contribution in [-0.2, 0) is 4.79 Å². The maximum atomic E-state index is 13.4. The molecule has 4 N–H and O–H groups in total. The molecule has 156 valence electrons. The molecule has 3 aromatic rings. The van der Waals surface area contributed by atoms with Gasteiger partial charge in [0, 0.05) is 17.7 Å². The van der Waals surface area contributed by atoms with Crippen LogP contribution < -0.4 is 16.4 Å². The van der Waals surface area contributed by atoms with Crippen LogP contribution in [0.5, 0.6) is 0 Å². The number of halogens is 1. The maximum absolute atomic E-state index is 13.4. The molecular weight excluding hydrogens is 393 g/mol. The number of nitrogens with two attached hydrogens (primary N) is 1. The molecule has 0 aromatic heterocycles. The summed E-state index contributed by atoms with van der Waals surface area (Å²) in [7, 11) is 0. The summed E-state index contributed by atoms with van der Waals surface area (Å²) in [5.41, 5.74) is 9.46. The molecule has 0 atom stereocenters. The van der Waals surface area contributed by atoms with Crippen LogP contribution in [-0.4, -0.2) is 17.9 Å². The lowest BCUT2D eigenvalue weighted by Gasteiger charge is -2.11.